The van der Waals surface area contributed by atoms with E-state index in [1.54, 1.807) is 24.1 Å². The second-order valence-electron chi connectivity index (χ2n) is 5.75. The number of hydrogen-bond acceptors (Lipinski definition) is 4. The van der Waals surface area contributed by atoms with Gasteiger partial charge < -0.3 is 24.5 Å². The molecule has 3 atom stereocenters. The Balaban J connectivity index is 2.01. The first-order valence-electron chi connectivity index (χ1n) is 7.31. The predicted octanol–water partition coefficient (Wildman–Crippen LogP) is 1.72. The maximum atomic E-state index is 12.4. The van der Waals surface area contributed by atoms with E-state index in [0.717, 1.165) is 0 Å². The second-order valence-corrected chi connectivity index (χ2v) is 5.75. The lowest BCUT2D eigenvalue weighted by molar-refractivity contribution is -0.143. The number of furan rings is 1. The van der Waals surface area contributed by atoms with E-state index < -0.39 is 17.9 Å². The minimum absolute atomic E-state index is 0.157. The third-order valence-corrected chi connectivity index (χ3v) is 3.81. The Morgan fingerprint density at radius 3 is 2.91 bits per heavy atom. The van der Waals surface area contributed by atoms with Gasteiger partial charge in [0.05, 0.1) is 18.8 Å². The molecule has 2 rings (SSSR count). The van der Waals surface area contributed by atoms with Gasteiger partial charge in [0.1, 0.15) is 11.8 Å². The highest BCUT2D eigenvalue weighted by Gasteiger charge is 2.32. The van der Waals surface area contributed by atoms with Crippen molar-refractivity contribution in [1.29, 1.82) is 0 Å². The van der Waals surface area contributed by atoms with Crippen molar-refractivity contribution in [2.75, 3.05) is 26.8 Å². The Bertz CT molecular complexity index is 502. The fourth-order valence-electron chi connectivity index (χ4n) is 2.79. The number of piperidine rings is 1. The van der Waals surface area contributed by atoms with Gasteiger partial charge in [-0.2, -0.15) is 0 Å². The quantitative estimate of drug-likeness (QED) is 0.864. The normalized spacial score (nSPS) is 23.1. The van der Waals surface area contributed by atoms with Gasteiger partial charge in [0.25, 0.3) is 0 Å². The molecule has 1 aliphatic rings. The van der Waals surface area contributed by atoms with E-state index >= 15 is 0 Å². The van der Waals surface area contributed by atoms with Crippen LogP contribution in [-0.2, 0) is 9.53 Å². The summed E-state index contributed by atoms with van der Waals surface area (Å²) in [6.45, 7) is 3.01. The van der Waals surface area contributed by atoms with E-state index in [4.69, 9.17) is 9.15 Å². The van der Waals surface area contributed by atoms with Crippen molar-refractivity contribution in [2.45, 2.75) is 19.4 Å². The monoisotopic (exact) mass is 310 g/mol. The van der Waals surface area contributed by atoms with Crippen molar-refractivity contribution in [1.82, 2.24) is 10.2 Å². The van der Waals surface area contributed by atoms with Gasteiger partial charge in [0, 0.05) is 20.2 Å². The SMILES string of the molecule is COCC(NC(=O)N1CC(C)CC(C(=O)O)C1)c1ccco1. The molecule has 2 N–H and O–H groups in total. The van der Waals surface area contributed by atoms with Gasteiger partial charge in [-0.1, -0.05) is 6.92 Å². The number of aliphatic carboxylic acids is 1. The summed E-state index contributed by atoms with van der Waals surface area (Å²) in [4.78, 5) is 25.2. The Morgan fingerprint density at radius 2 is 2.32 bits per heavy atom. The van der Waals surface area contributed by atoms with Gasteiger partial charge in [-0.05, 0) is 24.5 Å². The number of likely N-dealkylation sites (tertiary alicyclic amines) is 1. The number of carbonyl (C=O) groups excluding carboxylic acids is 1. The zero-order valence-corrected chi connectivity index (χ0v) is 12.8. The van der Waals surface area contributed by atoms with Crippen LogP contribution >= 0.6 is 0 Å². The van der Waals surface area contributed by atoms with Gasteiger partial charge in [-0.15, -0.1) is 0 Å². The number of ether oxygens (including phenoxy) is 1. The summed E-state index contributed by atoms with van der Waals surface area (Å²) in [5, 5.41) is 12.0. The molecular weight excluding hydrogens is 288 g/mol. The van der Waals surface area contributed by atoms with Crippen LogP contribution in [0, 0.1) is 11.8 Å². The average molecular weight is 310 g/mol. The van der Waals surface area contributed by atoms with E-state index in [1.807, 2.05) is 6.92 Å². The summed E-state index contributed by atoms with van der Waals surface area (Å²) in [6, 6.07) is 2.82. The molecule has 0 saturated carbocycles. The molecule has 122 valence electrons. The third kappa shape index (κ3) is 4.00. The molecule has 1 saturated heterocycles. The van der Waals surface area contributed by atoms with Crippen molar-refractivity contribution in [3.8, 4) is 0 Å². The lowest BCUT2D eigenvalue weighted by Crippen LogP contribution is -2.50. The van der Waals surface area contributed by atoms with Gasteiger partial charge in [0.15, 0.2) is 0 Å². The summed E-state index contributed by atoms with van der Waals surface area (Å²) in [5.41, 5.74) is 0. The molecule has 0 aromatic carbocycles. The van der Waals surface area contributed by atoms with Crippen LogP contribution in [0.25, 0.3) is 0 Å². The Hall–Kier alpha value is -2.02. The molecule has 7 nitrogen and oxygen atoms in total. The predicted molar refractivity (Wildman–Crippen MR) is 78.3 cm³/mol. The van der Waals surface area contributed by atoms with E-state index in [1.165, 1.54) is 6.26 Å². The van der Waals surface area contributed by atoms with Crippen LogP contribution in [0.1, 0.15) is 25.1 Å². The largest absolute Gasteiger partial charge is 0.481 e. The van der Waals surface area contributed by atoms with Crippen LogP contribution < -0.4 is 5.32 Å². The number of carboxylic acids is 1. The number of nitrogens with one attached hydrogen (secondary N) is 1. The van der Waals surface area contributed by atoms with E-state index in [9.17, 15) is 14.7 Å². The van der Waals surface area contributed by atoms with Crippen molar-refractivity contribution in [3.05, 3.63) is 24.2 Å². The fourth-order valence-corrected chi connectivity index (χ4v) is 2.79. The van der Waals surface area contributed by atoms with E-state index in [2.05, 4.69) is 5.32 Å². The standard InChI is InChI=1S/C15H22N2O5/c1-10-6-11(14(18)19)8-17(7-10)15(20)16-12(9-21-2)13-4-3-5-22-13/h3-5,10-12H,6-9H2,1-2H3,(H,16,20)(H,18,19). The summed E-state index contributed by atoms with van der Waals surface area (Å²) in [7, 11) is 1.55. The molecule has 0 bridgehead atoms. The number of carboxylic acid groups (broad SMARTS) is 1. The molecule has 1 fully saturated rings. The van der Waals surface area contributed by atoms with Crippen LogP contribution in [0.2, 0.25) is 0 Å². The number of carbonyl (C=O) groups is 2. The number of rotatable bonds is 5. The Kier molecular flexibility index (Phi) is 5.43. The first-order chi connectivity index (χ1) is 10.5. The smallest absolute Gasteiger partial charge is 0.318 e. The molecule has 7 heteroatoms. The van der Waals surface area contributed by atoms with Crippen molar-refractivity contribution in [2.24, 2.45) is 11.8 Å². The minimum atomic E-state index is -0.858. The molecular formula is C15H22N2O5. The molecule has 2 amide bonds. The highest BCUT2D eigenvalue weighted by atomic mass is 16.5. The summed E-state index contributed by atoms with van der Waals surface area (Å²) < 4.78 is 10.4. The van der Waals surface area contributed by atoms with Gasteiger partial charge >= 0.3 is 12.0 Å². The molecule has 3 unspecified atom stereocenters. The van der Waals surface area contributed by atoms with E-state index in [0.29, 0.717) is 18.7 Å². The number of nitrogens with zero attached hydrogens (tertiary/aromatic N) is 1. The first-order valence-corrected chi connectivity index (χ1v) is 7.31. The Labute approximate surface area is 129 Å². The van der Waals surface area contributed by atoms with Gasteiger partial charge in [-0.3, -0.25) is 4.79 Å². The lowest BCUT2D eigenvalue weighted by Gasteiger charge is -2.35. The van der Waals surface area contributed by atoms with Crippen molar-refractivity contribution in [3.63, 3.8) is 0 Å². The van der Waals surface area contributed by atoms with Crippen molar-refractivity contribution < 1.29 is 23.8 Å². The average Bonchev–Trinajstić information content (AvgIpc) is 3.00. The lowest BCUT2D eigenvalue weighted by atomic mass is 9.91. The zero-order valence-electron chi connectivity index (χ0n) is 12.8. The third-order valence-electron chi connectivity index (χ3n) is 3.81. The van der Waals surface area contributed by atoms with Gasteiger partial charge in [0.2, 0.25) is 0 Å². The minimum Gasteiger partial charge on any atom is -0.481 e. The number of hydrogen-bond donors (Lipinski definition) is 2. The topological polar surface area (TPSA) is 92.0 Å². The molecule has 0 spiro atoms. The Morgan fingerprint density at radius 1 is 1.55 bits per heavy atom. The summed E-state index contributed by atoms with van der Waals surface area (Å²) in [6.07, 6.45) is 2.13. The van der Waals surface area contributed by atoms with Crippen LogP contribution in [0.5, 0.6) is 0 Å². The number of methoxy groups -OCH3 is 1. The summed E-state index contributed by atoms with van der Waals surface area (Å²) >= 11 is 0. The fraction of sp³-hybridized carbons (Fsp3) is 0.600. The molecule has 2 heterocycles. The summed E-state index contributed by atoms with van der Waals surface area (Å²) in [5.74, 6) is -0.608. The number of amides is 2. The number of urea groups is 1. The van der Waals surface area contributed by atoms with E-state index in [-0.39, 0.29) is 25.1 Å². The molecule has 0 radical (unpaired) electrons. The molecule has 1 aromatic heterocycles. The molecule has 1 aromatic rings. The van der Waals surface area contributed by atoms with Crippen LogP contribution in [-0.4, -0.2) is 48.8 Å². The molecule has 1 aliphatic heterocycles. The highest BCUT2D eigenvalue weighted by molar-refractivity contribution is 5.77. The first kappa shape index (κ1) is 16.4. The van der Waals surface area contributed by atoms with Gasteiger partial charge in [-0.25, -0.2) is 4.79 Å². The zero-order chi connectivity index (χ0) is 16.1. The molecule has 22 heavy (non-hydrogen) atoms. The molecule has 0 aliphatic carbocycles. The van der Waals surface area contributed by atoms with Crippen LogP contribution in [0.15, 0.2) is 22.8 Å². The van der Waals surface area contributed by atoms with Crippen LogP contribution in [0.3, 0.4) is 0 Å². The highest BCUT2D eigenvalue weighted by Crippen LogP contribution is 2.22. The second kappa shape index (κ2) is 7.31. The maximum absolute atomic E-state index is 12.4. The van der Waals surface area contributed by atoms with Crippen molar-refractivity contribution >= 4 is 12.0 Å². The maximum Gasteiger partial charge on any atom is 0.318 e. The van der Waals surface area contributed by atoms with Crippen LogP contribution in [0.4, 0.5) is 4.79 Å².